The van der Waals surface area contributed by atoms with Crippen LogP contribution in [0.25, 0.3) is 0 Å². The van der Waals surface area contributed by atoms with E-state index in [1.54, 1.807) is 4.90 Å². The Balaban J connectivity index is 1.36. The van der Waals surface area contributed by atoms with Crippen molar-refractivity contribution in [3.63, 3.8) is 0 Å². The van der Waals surface area contributed by atoms with Crippen LogP contribution in [-0.4, -0.2) is 86.9 Å². The smallest absolute Gasteiger partial charge is 0.289 e. The van der Waals surface area contributed by atoms with Crippen LogP contribution in [0.4, 0.5) is 0 Å². The summed E-state index contributed by atoms with van der Waals surface area (Å²) in [5, 5.41) is 11.5. The topological polar surface area (TPSA) is 180 Å². The summed E-state index contributed by atoms with van der Waals surface area (Å²) in [6.45, 7) is 7.85. The first-order valence-corrected chi connectivity index (χ1v) is 18.2. The van der Waals surface area contributed by atoms with E-state index in [0.717, 1.165) is 64.2 Å². The molecule has 0 radical (unpaired) electrons. The summed E-state index contributed by atoms with van der Waals surface area (Å²) in [6, 6.07) is -3.68. The summed E-state index contributed by atoms with van der Waals surface area (Å²) >= 11 is 0. The lowest BCUT2D eigenvalue weighted by molar-refractivity contribution is -0.146. The van der Waals surface area contributed by atoms with E-state index in [9.17, 15) is 28.8 Å². The number of Topliss-reactive ketones (excluding diaryl/α,β-unsaturated/α-hetero) is 1. The Hall–Kier alpha value is -3.90. The van der Waals surface area contributed by atoms with Gasteiger partial charge in [-0.3, -0.25) is 33.8 Å². The molecule has 4 unspecified atom stereocenters. The van der Waals surface area contributed by atoms with E-state index in [4.69, 9.17) is 0 Å². The molecule has 3 saturated carbocycles. The van der Waals surface area contributed by atoms with Gasteiger partial charge in [0.15, 0.2) is 0 Å². The molecule has 4 aliphatic rings. The molecule has 2 heterocycles. The summed E-state index contributed by atoms with van der Waals surface area (Å²) in [6.07, 6.45) is 13.9. The third-order valence-corrected chi connectivity index (χ3v) is 10.7. The molecule has 268 valence electrons. The number of carbonyl (C=O) groups excluding carboxylic acids is 6. The molecule has 4 fully saturated rings. The SMILES string of the molecule is CCCC(NC(=O)C1[C@@H]2CCC[C@H]2CN1C(=O)C(NC(=O)C(NC(=O)c1cnccn1)C1CCCCC1)C(C)(C)C)C(=O)C(=O)NC1CC1. The number of aromatic nitrogens is 2. The highest BCUT2D eigenvalue weighted by atomic mass is 16.2. The van der Waals surface area contributed by atoms with Crippen molar-refractivity contribution in [3.8, 4) is 0 Å². The predicted molar refractivity (Wildman–Crippen MR) is 181 cm³/mol. The Morgan fingerprint density at radius 1 is 0.898 bits per heavy atom. The van der Waals surface area contributed by atoms with Gasteiger partial charge < -0.3 is 26.2 Å². The number of fused-ring (bicyclic) bond motifs is 1. The lowest BCUT2D eigenvalue weighted by Gasteiger charge is -2.38. The van der Waals surface area contributed by atoms with E-state index in [-0.39, 0.29) is 35.4 Å². The predicted octanol–water partition coefficient (Wildman–Crippen LogP) is 2.45. The Morgan fingerprint density at radius 2 is 1.63 bits per heavy atom. The summed E-state index contributed by atoms with van der Waals surface area (Å²) in [4.78, 5) is 91.4. The molecule has 0 bridgehead atoms. The first-order valence-electron chi connectivity index (χ1n) is 18.2. The van der Waals surface area contributed by atoms with Gasteiger partial charge in [0.05, 0.1) is 12.2 Å². The van der Waals surface area contributed by atoms with Gasteiger partial charge in [-0.15, -0.1) is 0 Å². The highest BCUT2D eigenvalue weighted by molar-refractivity contribution is 6.38. The van der Waals surface area contributed by atoms with Gasteiger partial charge in [0.25, 0.3) is 11.8 Å². The van der Waals surface area contributed by atoms with Crippen molar-refractivity contribution >= 4 is 35.3 Å². The highest BCUT2D eigenvalue weighted by Gasteiger charge is 2.52. The minimum atomic E-state index is -0.994. The van der Waals surface area contributed by atoms with Crippen molar-refractivity contribution in [2.45, 2.75) is 135 Å². The monoisotopic (exact) mass is 679 g/mol. The lowest BCUT2D eigenvalue weighted by atomic mass is 9.82. The van der Waals surface area contributed by atoms with E-state index in [1.807, 2.05) is 27.7 Å². The van der Waals surface area contributed by atoms with Crippen LogP contribution in [0.1, 0.15) is 115 Å². The molecule has 5 amide bonds. The van der Waals surface area contributed by atoms with Crippen LogP contribution in [0.3, 0.4) is 0 Å². The van der Waals surface area contributed by atoms with Crippen LogP contribution in [0.2, 0.25) is 0 Å². The normalized spacial score (nSPS) is 24.2. The minimum Gasteiger partial charge on any atom is -0.347 e. The second kappa shape index (κ2) is 15.8. The number of ketones is 1. The van der Waals surface area contributed by atoms with Crippen molar-refractivity contribution in [1.82, 2.24) is 36.1 Å². The van der Waals surface area contributed by atoms with Gasteiger partial charge in [-0.05, 0) is 68.1 Å². The number of amides is 5. The van der Waals surface area contributed by atoms with Gasteiger partial charge in [-0.25, -0.2) is 4.98 Å². The number of rotatable bonds is 13. The summed E-state index contributed by atoms with van der Waals surface area (Å²) in [5.74, 6) is -3.20. The van der Waals surface area contributed by atoms with Gasteiger partial charge in [0.1, 0.15) is 23.8 Å². The molecule has 0 spiro atoms. The van der Waals surface area contributed by atoms with Crippen LogP contribution in [-0.2, 0) is 24.0 Å². The molecule has 5 rings (SSSR count). The number of hydrogen-bond acceptors (Lipinski definition) is 8. The number of nitrogens with zero attached hydrogens (tertiary/aromatic N) is 3. The van der Waals surface area contributed by atoms with E-state index in [2.05, 4.69) is 31.2 Å². The summed E-state index contributed by atoms with van der Waals surface area (Å²) in [5.41, 5.74) is -0.638. The van der Waals surface area contributed by atoms with E-state index >= 15 is 0 Å². The van der Waals surface area contributed by atoms with Crippen LogP contribution in [0.5, 0.6) is 0 Å². The van der Waals surface area contributed by atoms with Gasteiger partial charge >= 0.3 is 0 Å². The number of hydrogen-bond donors (Lipinski definition) is 4. The van der Waals surface area contributed by atoms with Gasteiger partial charge in [0.2, 0.25) is 23.5 Å². The minimum absolute atomic E-state index is 0.0132. The van der Waals surface area contributed by atoms with E-state index in [0.29, 0.717) is 19.4 Å². The first kappa shape index (κ1) is 36.4. The molecule has 4 N–H and O–H groups in total. The third kappa shape index (κ3) is 8.83. The second-order valence-corrected chi connectivity index (χ2v) is 15.5. The highest BCUT2D eigenvalue weighted by Crippen LogP contribution is 2.43. The van der Waals surface area contributed by atoms with Crippen LogP contribution in [0.15, 0.2) is 18.6 Å². The molecule has 0 aromatic carbocycles. The van der Waals surface area contributed by atoms with E-state index < -0.39 is 59.0 Å². The largest absolute Gasteiger partial charge is 0.347 e. The quantitative estimate of drug-likeness (QED) is 0.230. The fraction of sp³-hybridized carbons (Fsp3) is 0.722. The molecular weight excluding hydrogens is 626 g/mol. The Bertz CT molecular complexity index is 1390. The van der Waals surface area contributed by atoms with Crippen molar-refractivity contribution in [2.75, 3.05) is 6.54 Å². The average Bonchev–Trinajstić information content (AvgIpc) is 3.65. The van der Waals surface area contributed by atoms with Crippen molar-refractivity contribution < 1.29 is 28.8 Å². The average molecular weight is 680 g/mol. The first-order chi connectivity index (χ1) is 23.4. The summed E-state index contributed by atoms with van der Waals surface area (Å²) < 4.78 is 0. The number of carbonyl (C=O) groups is 6. The molecule has 1 saturated heterocycles. The zero-order valence-electron chi connectivity index (χ0n) is 29.3. The van der Waals surface area contributed by atoms with Crippen molar-refractivity contribution in [2.24, 2.45) is 23.2 Å². The maximum atomic E-state index is 14.6. The molecule has 13 heteroatoms. The molecule has 3 aliphatic carbocycles. The molecule has 6 atom stereocenters. The lowest BCUT2D eigenvalue weighted by Crippen LogP contribution is -2.62. The third-order valence-electron chi connectivity index (χ3n) is 10.7. The number of likely N-dealkylation sites (tertiary alicyclic amines) is 1. The fourth-order valence-corrected chi connectivity index (χ4v) is 7.87. The maximum Gasteiger partial charge on any atom is 0.289 e. The van der Waals surface area contributed by atoms with Crippen molar-refractivity contribution in [3.05, 3.63) is 24.3 Å². The van der Waals surface area contributed by atoms with E-state index in [1.165, 1.54) is 18.6 Å². The Labute approximate surface area is 288 Å². The number of nitrogens with one attached hydrogen (secondary N) is 4. The zero-order chi connectivity index (χ0) is 35.3. The fourth-order valence-electron chi connectivity index (χ4n) is 7.87. The second-order valence-electron chi connectivity index (χ2n) is 15.5. The Morgan fingerprint density at radius 3 is 2.27 bits per heavy atom. The molecule has 1 aromatic heterocycles. The molecule has 1 aliphatic heterocycles. The van der Waals surface area contributed by atoms with Crippen LogP contribution < -0.4 is 21.3 Å². The van der Waals surface area contributed by atoms with Gasteiger partial charge in [-0.1, -0.05) is 59.8 Å². The standard InChI is InChI=1S/C36H53N7O6/c1-5-10-25(29(44)34(48)39-23-15-16-23)40-33(47)28-24-14-9-13-22(24)20-43(28)35(49)30(36(2,3)4)42-32(46)27(21-11-7-6-8-12-21)41-31(45)26-19-37-17-18-38-26/h17-19,21-25,27-28,30H,5-16,20H2,1-4H3,(H,39,48)(H,40,47)(H,41,45)(H,42,46)/t22-,24+,25?,27?,28?,30?/m0/s1. The molecule has 49 heavy (non-hydrogen) atoms. The zero-order valence-corrected chi connectivity index (χ0v) is 29.3. The van der Waals surface area contributed by atoms with Crippen LogP contribution >= 0.6 is 0 Å². The van der Waals surface area contributed by atoms with Crippen molar-refractivity contribution in [1.29, 1.82) is 0 Å². The molecule has 13 nitrogen and oxygen atoms in total. The van der Waals surface area contributed by atoms with Gasteiger partial charge in [-0.2, -0.15) is 0 Å². The molecular formula is C36H53N7O6. The maximum absolute atomic E-state index is 14.6. The van der Waals surface area contributed by atoms with Gasteiger partial charge in [0, 0.05) is 25.0 Å². The summed E-state index contributed by atoms with van der Waals surface area (Å²) in [7, 11) is 0. The Kier molecular flexibility index (Phi) is 11.7. The molecule has 1 aromatic rings. The van der Waals surface area contributed by atoms with Crippen LogP contribution in [0, 0.1) is 23.2 Å².